The van der Waals surface area contributed by atoms with Crippen LogP contribution in [0.2, 0.25) is 5.02 Å². The lowest BCUT2D eigenvalue weighted by molar-refractivity contribution is -0.0750. The zero-order valence-electron chi connectivity index (χ0n) is 12.8. The second-order valence-electron chi connectivity index (χ2n) is 5.88. The lowest BCUT2D eigenvalue weighted by Gasteiger charge is -2.43. The monoisotopic (exact) mass is 329 g/mol. The quantitative estimate of drug-likeness (QED) is 0.924. The summed E-state index contributed by atoms with van der Waals surface area (Å²) in [5, 5.41) is 10.6. The highest BCUT2D eigenvalue weighted by molar-refractivity contribution is 6.30. The second kappa shape index (κ2) is 6.94. The maximum atomic E-state index is 13.5. The van der Waals surface area contributed by atoms with Gasteiger partial charge < -0.3 is 14.7 Å². The Morgan fingerprint density at radius 1 is 1.59 bits per heavy atom. The van der Waals surface area contributed by atoms with E-state index >= 15 is 0 Å². The molecule has 1 aliphatic heterocycles. The Labute approximate surface area is 134 Å². The number of hydrogen-bond acceptors (Lipinski definition) is 3. The van der Waals surface area contributed by atoms with Crippen LogP contribution in [-0.2, 0) is 4.74 Å². The van der Waals surface area contributed by atoms with Crippen molar-refractivity contribution in [3.63, 3.8) is 0 Å². The highest BCUT2D eigenvalue weighted by Crippen LogP contribution is 2.31. The second-order valence-corrected chi connectivity index (χ2v) is 6.28. The Bertz CT molecular complexity index is 554. The van der Waals surface area contributed by atoms with E-state index in [0.29, 0.717) is 32.5 Å². The van der Waals surface area contributed by atoms with Gasteiger partial charge in [-0.1, -0.05) is 18.5 Å². The Kier molecular flexibility index (Phi) is 5.42. The van der Waals surface area contributed by atoms with Gasteiger partial charge in [-0.05, 0) is 31.0 Å². The van der Waals surface area contributed by atoms with Gasteiger partial charge in [-0.25, -0.2) is 4.39 Å². The lowest BCUT2D eigenvalue weighted by Crippen LogP contribution is -2.52. The molecule has 0 aliphatic carbocycles. The van der Waals surface area contributed by atoms with Crippen molar-refractivity contribution in [2.45, 2.75) is 25.4 Å². The standard InChI is InChI=1S/C16H21ClFNO3/c1-11-10-19(7-5-16(11,21)6-8-22-2)15(20)12-3-4-13(17)14(18)9-12/h3-4,9,11,21H,5-8,10H2,1-2H3/t11-,16-/m0/s1. The van der Waals surface area contributed by atoms with Crippen molar-refractivity contribution in [3.05, 3.63) is 34.6 Å². The molecule has 2 atom stereocenters. The van der Waals surface area contributed by atoms with Gasteiger partial charge in [0.15, 0.2) is 0 Å². The normalized spacial score (nSPS) is 25.3. The van der Waals surface area contributed by atoms with E-state index in [0.717, 1.165) is 6.07 Å². The third-order valence-electron chi connectivity index (χ3n) is 4.42. The molecule has 122 valence electrons. The first-order chi connectivity index (χ1) is 10.4. The van der Waals surface area contributed by atoms with Crippen LogP contribution < -0.4 is 0 Å². The van der Waals surface area contributed by atoms with Crippen molar-refractivity contribution in [3.8, 4) is 0 Å². The van der Waals surface area contributed by atoms with E-state index in [1.165, 1.54) is 12.1 Å². The van der Waals surface area contributed by atoms with Gasteiger partial charge in [-0.3, -0.25) is 4.79 Å². The number of hydrogen-bond donors (Lipinski definition) is 1. The number of likely N-dealkylation sites (tertiary alicyclic amines) is 1. The molecule has 0 radical (unpaired) electrons. The number of amides is 1. The summed E-state index contributed by atoms with van der Waals surface area (Å²) in [5.74, 6) is -0.914. The maximum absolute atomic E-state index is 13.5. The number of carbonyl (C=O) groups excluding carboxylic acids is 1. The highest BCUT2D eigenvalue weighted by atomic mass is 35.5. The van der Waals surface area contributed by atoms with Crippen molar-refractivity contribution in [1.82, 2.24) is 4.90 Å². The minimum Gasteiger partial charge on any atom is -0.389 e. The molecule has 2 rings (SSSR count). The van der Waals surface area contributed by atoms with Crippen LogP contribution in [0.15, 0.2) is 18.2 Å². The van der Waals surface area contributed by atoms with Gasteiger partial charge in [0, 0.05) is 38.3 Å². The maximum Gasteiger partial charge on any atom is 0.253 e. The number of carbonyl (C=O) groups is 1. The largest absolute Gasteiger partial charge is 0.389 e. The molecule has 1 N–H and O–H groups in total. The number of benzene rings is 1. The molecule has 0 bridgehead atoms. The predicted molar refractivity (Wildman–Crippen MR) is 82.5 cm³/mol. The fourth-order valence-corrected chi connectivity index (χ4v) is 2.93. The number of aliphatic hydroxyl groups is 1. The number of halogens is 2. The summed E-state index contributed by atoms with van der Waals surface area (Å²) in [7, 11) is 1.60. The number of nitrogens with zero attached hydrogens (tertiary/aromatic N) is 1. The molecular weight excluding hydrogens is 309 g/mol. The van der Waals surface area contributed by atoms with E-state index in [-0.39, 0.29) is 22.4 Å². The van der Waals surface area contributed by atoms with Gasteiger partial charge in [0.05, 0.1) is 10.6 Å². The minimum absolute atomic E-state index is 0.00231. The number of methoxy groups -OCH3 is 1. The SMILES string of the molecule is COCC[C@@]1(O)CCN(C(=O)c2ccc(Cl)c(F)c2)C[C@@H]1C. The van der Waals surface area contributed by atoms with Crippen molar-refractivity contribution in [2.24, 2.45) is 5.92 Å². The summed E-state index contributed by atoms with van der Waals surface area (Å²) < 4.78 is 18.5. The van der Waals surface area contributed by atoms with Crippen LogP contribution in [0.25, 0.3) is 0 Å². The van der Waals surface area contributed by atoms with Crippen LogP contribution in [0.1, 0.15) is 30.1 Å². The molecule has 1 aliphatic rings. The van der Waals surface area contributed by atoms with Crippen molar-refractivity contribution in [1.29, 1.82) is 0 Å². The third kappa shape index (κ3) is 3.59. The van der Waals surface area contributed by atoms with E-state index in [2.05, 4.69) is 0 Å². The van der Waals surface area contributed by atoms with Crippen molar-refractivity contribution in [2.75, 3.05) is 26.8 Å². The van der Waals surface area contributed by atoms with Crippen LogP contribution in [0, 0.1) is 11.7 Å². The average molecular weight is 330 g/mol. The van der Waals surface area contributed by atoms with Crippen LogP contribution >= 0.6 is 11.6 Å². The van der Waals surface area contributed by atoms with E-state index in [9.17, 15) is 14.3 Å². The predicted octanol–water partition coefficient (Wildman–Crippen LogP) is 2.73. The molecule has 1 saturated heterocycles. The zero-order chi connectivity index (χ0) is 16.3. The fraction of sp³-hybridized carbons (Fsp3) is 0.562. The molecule has 22 heavy (non-hydrogen) atoms. The van der Waals surface area contributed by atoms with Crippen LogP contribution in [0.3, 0.4) is 0 Å². The lowest BCUT2D eigenvalue weighted by atomic mass is 9.79. The number of ether oxygens (including phenoxy) is 1. The molecule has 1 aromatic rings. The molecule has 1 heterocycles. The minimum atomic E-state index is -0.821. The van der Waals surface area contributed by atoms with Gasteiger partial charge >= 0.3 is 0 Å². The first-order valence-corrected chi connectivity index (χ1v) is 7.71. The summed E-state index contributed by atoms with van der Waals surface area (Å²) in [6.45, 7) is 3.27. The topological polar surface area (TPSA) is 49.8 Å². The molecule has 0 aromatic heterocycles. The van der Waals surface area contributed by atoms with E-state index < -0.39 is 11.4 Å². The smallest absolute Gasteiger partial charge is 0.253 e. The summed E-state index contributed by atoms with van der Waals surface area (Å²) >= 11 is 5.64. The summed E-state index contributed by atoms with van der Waals surface area (Å²) in [5.41, 5.74) is -0.547. The van der Waals surface area contributed by atoms with Gasteiger partial charge in [0.2, 0.25) is 0 Å². The van der Waals surface area contributed by atoms with Crippen molar-refractivity contribution < 1.29 is 19.0 Å². The first kappa shape index (κ1) is 17.2. The molecular formula is C16H21ClFNO3. The molecule has 1 amide bonds. The summed E-state index contributed by atoms with van der Waals surface area (Å²) in [4.78, 5) is 14.1. The molecule has 0 unspecified atom stereocenters. The Hall–Kier alpha value is -1.17. The van der Waals surface area contributed by atoms with Crippen LogP contribution in [-0.4, -0.2) is 48.3 Å². The molecule has 6 heteroatoms. The third-order valence-corrected chi connectivity index (χ3v) is 4.73. The Morgan fingerprint density at radius 3 is 2.91 bits per heavy atom. The molecule has 0 spiro atoms. The Morgan fingerprint density at radius 2 is 2.32 bits per heavy atom. The van der Waals surface area contributed by atoms with E-state index in [4.69, 9.17) is 16.3 Å². The van der Waals surface area contributed by atoms with Gasteiger partial charge in [-0.2, -0.15) is 0 Å². The van der Waals surface area contributed by atoms with Crippen LogP contribution in [0.4, 0.5) is 4.39 Å². The van der Waals surface area contributed by atoms with Gasteiger partial charge in [0.25, 0.3) is 5.91 Å². The summed E-state index contributed by atoms with van der Waals surface area (Å²) in [6, 6.07) is 4.05. The van der Waals surface area contributed by atoms with Gasteiger partial charge in [-0.15, -0.1) is 0 Å². The molecule has 4 nitrogen and oxygen atoms in total. The van der Waals surface area contributed by atoms with Crippen LogP contribution in [0.5, 0.6) is 0 Å². The molecule has 1 aromatic carbocycles. The average Bonchev–Trinajstić information content (AvgIpc) is 2.50. The first-order valence-electron chi connectivity index (χ1n) is 7.33. The highest BCUT2D eigenvalue weighted by Gasteiger charge is 2.39. The zero-order valence-corrected chi connectivity index (χ0v) is 13.6. The van der Waals surface area contributed by atoms with Crippen molar-refractivity contribution >= 4 is 17.5 Å². The van der Waals surface area contributed by atoms with E-state index in [1.54, 1.807) is 12.0 Å². The number of piperidine rings is 1. The van der Waals surface area contributed by atoms with Gasteiger partial charge in [0.1, 0.15) is 5.82 Å². The molecule has 1 fully saturated rings. The number of rotatable bonds is 4. The van der Waals surface area contributed by atoms with E-state index in [1.807, 2.05) is 6.92 Å². The Balaban J connectivity index is 2.06. The molecule has 0 saturated carbocycles. The fourth-order valence-electron chi connectivity index (χ4n) is 2.81. The summed E-state index contributed by atoms with van der Waals surface area (Å²) in [6.07, 6.45) is 1.03.